The molecule has 6 N–H and O–H groups in total. The van der Waals surface area contributed by atoms with E-state index in [1.54, 1.807) is 91.8 Å². The highest BCUT2D eigenvalue weighted by Gasteiger charge is 2.51. The van der Waals surface area contributed by atoms with Crippen molar-refractivity contribution in [3.05, 3.63) is 138 Å². The van der Waals surface area contributed by atoms with Crippen LogP contribution in [-0.2, 0) is 28.4 Å². The van der Waals surface area contributed by atoms with Crippen molar-refractivity contribution >= 4 is 59.6 Å². The summed E-state index contributed by atoms with van der Waals surface area (Å²) < 4.78 is 60.0. The highest BCUT2D eigenvalue weighted by molar-refractivity contribution is 6.62. The lowest BCUT2D eigenvalue weighted by Gasteiger charge is -2.32. The number of halogens is 3. The molecule has 0 radical (unpaired) electrons. The van der Waals surface area contributed by atoms with Gasteiger partial charge in [-0.1, -0.05) is 12.1 Å². The largest absolute Gasteiger partial charge is 0.494 e. The Balaban J connectivity index is 0.000000219. The van der Waals surface area contributed by atoms with E-state index in [4.69, 9.17) is 51.3 Å². The molecule has 2 atom stereocenters. The Morgan fingerprint density at radius 1 is 0.579 bits per heavy atom. The molecule has 76 heavy (non-hydrogen) atoms. The highest BCUT2D eigenvalue weighted by Crippen LogP contribution is 2.37. The maximum absolute atomic E-state index is 13.1. The fourth-order valence-electron chi connectivity index (χ4n) is 6.22. The number of primary amides is 2. The first kappa shape index (κ1) is 59.1. The van der Waals surface area contributed by atoms with Crippen molar-refractivity contribution in [2.24, 2.45) is 11.5 Å². The molecule has 22 heteroatoms. The smallest absolute Gasteiger partial charge is 0.457 e. The molecule has 0 aliphatic carbocycles. The first-order valence-corrected chi connectivity index (χ1v) is 24.2. The van der Waals surface area contributed by atoms with Gasteiger partial charge in [0, 0.05) is 17.7 Å². The van der Waals surface area contributed by atoms with Gasteiger partial charge < -0.3 is 50.4 Å². The summed E-state index contributed by atoms with van der Waals surface area (Å²) in [5, 5.41) is 5.46. The third-order valence-corrected chi connectivity index (χ3v) is 11.0. The molecule has 4 aromatic carbocycles. The minimum absolute atomic E-state index is 0.000838. The van der Waals surface area contributed by atoms with Gasteiger partial charge >= 0.3 is 19.1 Å². The van der Waals surface area contributed by atoms with Gasteiger partial charge in [0.2, 0.25) is 17.1 Å². The number of esters is 2. The van der Waals surface area contributed by atoms with Crippen molar-refractivity contribution in [3.63, 3.8) is 0 Å². The summed E-state index contributed by atoms with van der Waals surface area (Å²) in [4.78, 5) is 63.4. The number of anilines is 2. The van der Waals surface area contributed by atoms with Crippen LogP contribution in [0.2, 0.25) is 5.28 Å². The van der Waals surface area contributed by atoms with Gasteiger partial charge in [-0.3, -0.25) is 9.59 Å². The molecular weight excluding hydrogens is 1000 g/mol. The number of hydrogen-bond donors (Lipinski definition) is 4. The summed E-state index contributed by atoms with van der Waals surface area (Å²) in [6, 6.07) is 27.3. The topological polar surface area (TPSA) is 251 Å². The fraction of sp³-hybridized carbons (Fsp3) is 0.333. The van der Waals surface area contributed by atoms with Crippen LogP contribution in [-0.4, -0.2) is 85.3 Å². The number of amides is 2. The van der Waals surface area contributed by atoms with E-state index < -0.39 is 47.0 Å². The quantitative estimate of drug-likeness (QED) is 0.0450. The Kier molecular flexibility index (Phi) is 19.2. The maximum Gasteiger partial charge on any atom is 0.494 e. The summed E-state index contributed by atoms with van der Waals surface area (Å²) in [5.74, 6) is -0.0334. The predicted molar refractivity (Wildman–Crippen MR) is 285 cm³/mol. The second-order valence-electron chi connectivity index (χ2n) is 20.2. The van der Waals surface area contributed by atoms with Crippen molar-refractivity contribution < 1.29 is 56.2 Å². The molecule has 0 saturated carbocycles. The number of ether oxygens (including phenoxy) is 4. The van der Waals surface area contributed by atoms with Crippen LogP contribution >= 0.6 is 11.6 Å². The van der Waals surface area contributed by atoms with Gasteiger partial charge in [0.05, 0.1) is 11.2 Å². The molecule has 0 unspecified atom stereocenters. The van der Waals surface area contributed by atoms with Crippen molar-refractivity contribution in [2.45, 2.75) is 118 Å². The normalized spacial score (nSPS) is 14.3. The van der Waals surface area contributed by atoms with E-state index in [1.807, 2.05) is 52.0 Å². The molecular formula is C54H62BClF2N8O10. The molecule has 1 fully saturated rings. The van der Waals surface area contributed by atoms with Crippen LogP contribution in [0.5, 0.6) is 23.0 Å². The lowest BCUT2D eigenvalue weighted by atomic mass is 9.79. The van der Waals surface area contributed by atoms with Gasteiger partial charge in [0.1, 0.15) is 69.6 Å². The summed E-state index contributed by atoms with van der Waals surface area (Å²) in [6.45, 7) is 21.7. The third-order valence-electron chi connectivity index (χ3n) is 10.8. The van der Waals surface area contributed by atoms with E-state index in [9.17, 15) is 28.0 Å². The van der Waals surface area contributed by atoms with E-state index in [0.717, 1.165) is 5.46 Å². The van der Waals surface area contributed by atoms with E-state index in [2.05, 4.69) is 30.6 Å². The van der Waals surface area contributed by atoms with Crippen molar-refractivity contribution in [2.75, 3.05) is 10.6 Å². The van der Waals surface area contributed by atoms with Crippen LogP contribution < -0.4 is 37.0 Å². The summed E-state index contributed by atoms with van der Waals surface area (Å²) in [5.41, 5.74) is 9.95. The highest BCUT2D eigenvalue weighted by atomic mass is 35.5. The van der Waals surface area contributed by atoms with Gasteiger partial charge in [-0.05, 0) is 185 Å². The van der Waals surface area contributed by atoms with E-state index in [1.165, 1.54) is 48.5 Å². The number of nitrogens with zero attached hydrogens (tertiary/aromatic N) is 4. The molecule has 7 rings (SSSR count). The molecule has 1 saturated heterocycles. The number of benzene rings is 4. The van der Waals surface area contributed by atoms with E-state index in [0.29, 0.717) is 28.6 Å². The Morgan fingerprint density at radius 2 is 0.934 bits per heavy atom. The number of carbonyl (C=O) groups excluding carboxylic acids is 4. The van der Waals surface area contributed by atoms with Crippen molar-refractivity contribution in [1.29, 1.82) is 0 Å². The van der Waals surface area contributed by atoms with Gasteiger partial charge in [0.25, 0.3) is 0 Å². The average Bonchev–Trinajstić information content (AvgIpc) is 3.55. The van der Waals surface area contributed by atoms with Crippen LogP contribution in [0, 0.1) is 11.6 Å². The van der Waals surface area contributed by atoms with E-state index >= 15 is 0 Å². The minimum Gasteiger partial charge on any atom is -0.457 e. The lowest BCUT2D eigenvalue weighted by Crippen LogP contribution is -2.41. The Bertz CT molecular complexity index is 2960. The van der Waals surface area contributed by atoms with Gasteiger partial charge in [-0.15, -0.1) is 0 Å². The number of carbonyl (C=O) groups is 4. The van der Waals surface area contributed by atoms with Gasteiger partial charge in [0.15, 0.2) is 17.2 Å². The van der Waals surface area contributed by atoms with Crippen LogP contribution in [0.3, 0.4) is 0 Å². The lowest BCUT2D eigenvalue weighted by molar-refractivity contribution is -0.119. The number of hydrogen-bond acceptors (Lipinski definition) is 16. The molecule has 3 heterocycles. The second kappa shape index (κ2) is 24.7. The second-order valence-corrected chi connectivity index (χ2v) is 20.5. The first-order valence-electron chi connectivity index (χ1n) is 23.8. The molecule has 0 bridgehead atoms. The minimum atomic E-state index is -0.717. The summed E-state index contributed by atoms with van der Waals surface area (Å²) in [6.07, 6.45) is 0. The molecule has 6 aromatic rings. The number of rotatable bonds is 14. The zero-order chi connectivity index (χ0) is 56.3. The molecule has 402 valence electrons. The fourth-order valence-corrected chi connectivity index (χ4v) is 6.40. The zero-order valence-corrected chi connectivity index (χ0v) is 45.0. The Morgan fingerprint density at radius 3 is 1.32 bits per heavy atom. The maximum atomic E-state index is 13.1. The number of nitrogens with one attached hydrogen (secondary N) is 2. The van der Waals surface area contributed by atoms with Crippen LogP contribution in [0.4, 0.5) is 20.4 Å². The Labute approximate surface area is 445 Å². The third kappa shape index (κ3) is 18.0. The van der Waals surface area contributed by atoms with Crippen LogP contribution in [0.15, 0.2) is 109 Å². The molecule has 2 amide bonds. The first-order chi connectivity index (χ1) is 35.3. The summed E-state index contributed by atoms with van der Waals surface area (Å²) >= 11 is 5.74. The molecule has 1 aliphatic rings. The Hall–Kier alpha value is -7.75. The monoisotopic (exact) mass is 1070 g/mol. The molecule has 18 nitrogen and oxygen atoms in total. The van der Waals surface area contributed by atoms with Crippen LogP contribution in [0.25, 0.3) is 11.4 Å². The summed E-state index contributed by atoms with van der Waals surface area (Å²) in [7, 11) is -0.389. The SMILES string of the molecule is CC1(C)OB(c2ccc(Oc3ccc(F)cc3)cc2)OC1(C)C.C[C@H](Nc1cc(C(=O)OC(C)(C)C)nc(-c2ccc(Oc3ccc(F)cc3)cc2)n1)C(N)=O.C[C@H](Nc1cc(C(=O)OC(C)(C)C)nc(Cl)n1)C(N)=O. The van der Waals surface area contributed by atoms with E-state index in [-0.39, 0.29) is 64.1 Å². The van der Waals surface area contributed by atoms with Gasteiger partial charge in [-0.2, -0.15) is 0 Å². The molecule has 2 aromatic heterocycles. The predicted octanol–water partition coefficient (Wildman–Crippen LogP) is 9.60. The van der Waals surface area contributed by atoms with Crippen molar-refractivity contribution in [3.8, 4) is 34.4 Å². The molecule has 0 spiro atoms. The zero-order valence-electron chi connectivity index (χ0n) is 44.3. The average molecular weight is 1070 g/mol. The number of nitrogens with two attached hydrogens (primary N) is 2. The van der Waals surface area contributed by atoms with Crippen molar-refractivity contribution in [1.82, 2.24) is 19.9 Å². The number of aromatic nitrogens is 4. The molecule has 1 aliphatic heterocycles. The standard InChI is InChI=1S/C24H25FN4O4.C18H20BFO3.C12H17ClN4O3/c1-14(21(26)30)27-20-13-19(23(31)33-24(2,3)4)28-22(29-20)15-5-9-17(10-6-15)32-18-11-7-16(25)8-12-18;1-17(2)18(3,4)23-19(22-17)13-5-9-15(10-6-13)21-16-11-7-14(20)8-12-16;1-6(9(14)18)15-8-5-7(16-11(13)17-8)10(19)20-12(2,3)4/h5-14H,1-4H3,(H2,26,30)(H,27,28,29);5-12H,1-4H3;5-6H,1-4H3,(H2,14,18)(H,15,16,17)/t14-;;6-/m0.0/s1. The van der Waals surface area contributed by atoms with Gasteiger partial charge in [-0.25, -0.2) is 38.3 Å². The van der Waals surface area contributed by atoms with Crippen LogP contribution in [0.1, 0.15) is 104 Å².